The molecule has 0 spiro atoms. The first-order valence-corrected chi connectivity index (χ1v) is 23.8. The standard InChI is InChI=1S/C50H48N4O6S2/c1-59-39-27-31-41(32-28-39)61(55,56)53-47(37-21-11-5-12-22-37)45(35-17-7-3-8-18-35)51-49(53)43-25-15-16-26-44(43)50-52-46(36-19-9-4-10-20-36)48(38-23-13-6-14-24-38)54(50)62(57,58)42-33-29-40(60-2)30-34-42/h3-14,17-24,27-34,43-48H,15-16,25-26H2,1-2H3/t43-,44-,45+,46+,47+,48+/m0/s1. The predicted octanol–water partition coefficient (Wildman–Crippen LogP) is 9.98. The fraction of sp³-hybridized carbons (Fsp3) is 0.240. The molecule has 0 unspecified atom stereocenters. The van der Waals surface area contributed by atoms with E-state index in [4.69, 9.17) is 19.5 Å². The molecule has 0 amide bonds. The van der Waals surface area contributed by atoms with Gasteiger partial charge in [0, 0.05) is 11.8 Å². The molecule has 1 aliphatic carbocycles. The topological polar surface area (TPSA) is 118 Å². The zero-order valence-corrected chi connectivity index (χ0v) is 36.1. The minimum atomic E-state index is -4.28. The van der Waals surface area contributed by atoms with Crippen LogP contribution < -0.4 is 9.47 Å². The van der Waals surface area contributed by atoms with E-state index in [0.717, 1.165) is 35.1 Å². The van der Waals surface area contributed by atoms with Crippen LogP contribution in [-0.4, -0.2) is 51.3 Å². The lowest BCUT2D eigenvalue weighted by Gasteiger charge is -2.39. The summed E-state index contributed by atoms with van der Waals surface area (Å²) >= 11 is 0. The smallest absolute Gasteiger partial charge is 0.265 e. The van der Waals surface area contributed by atoms with Crippen LogP contribution in [0.2, 0.25) is 0 Å². The zero-order chi connectivity index (χ0) is 42.8. The van der Waals surface area contributed by atoms with Crippen molar-refractivity contribution in [1.29, 1.82) is 0 Å². The number of sulfonamides is 2. The van der Waals surface area contributed by atoms with Gasteiger partial charge in [0.05, 0.1) is 36.1 Å². The molecule has 316 valence electrons. The Hall–Kier alpha value is -6.24. The lowest BCUT2D eigenvalue weighted by molar-refractivity contribution is 0.327. The summed E-state index contributed by atoms with van der Waals surface area (Å²) in [7, 11) is -5.48. The maximum absolute atomic E-state index is 15.5. The van der Waals surface area contributed by atoms with Gasteiger partial charge in [0.1, 0.15) is 35.3 Å². The maximum Gasteiger partial charge on any atom is 0.265 e. The van der Waals surface area contributed by atoms with Crippen molar-refractivity contribution in [2.24, 2.45) is 21.8 Å². The van der Waals surface area contributed by atoms with Gasteiger partial charge in [-0.1, -0.05) is 134 Å². The van der Waals surface area contributed by atoms with Gasteiger partial charge in [0.15, 0.2) is 0 Å². The molecule has 0 radical (unpaired) electrons. The SMILES string of the molecule is COc1ccc(S(=O)(=O)N2C([C@H]3CCCC[C@@H]3C3=N[C@H](c4ccccc4)[C@@H](c4ccccc4)N3S(=O)(=O)c3ccc(OC)cc3)=N[C@H](c3ccccc3)[C@H]2c2ccccc2)cc1. The summed E-state index contributed by atoms with van der Waals surface area (Å²) in [5, 5.41) is 0. The molecule has 2 heterocycles. The second-order valence-electron chi connectivity index (χ2n) is 15.8. The number of benzene rings is 6. The van der Waals surface area contributed by atoms with Gasteiger partial charge in [-0.3, -0.25) is 9.98 Å². The van der Waals surface area contributed by atoms with Gasteiger partial charge in [0.25, 0.3) is 20.0 Å². The Kier molecular flexibility index (Phi) is 11.4. The van der Waals surface area contributed by atoms with Gasteiger partial charge in [0.2, 0.25) is 0 Å². The van der Waals surface area contributed by atoms with E-state index in [1.165, 1.54) is 8.61 Å². The molecule has 6 aromatic carbocycles. The van der Waals surface area contributed by atoms with Crippen LogP contribution in [0.15, 0.2) is 190 Å². The monoisotopic (exact) mass is 864 g/mol. The Morgan fingerprint density at radius 3 is 1.05 bits per heavy atom. The van der Waals surface area contributed by atoms with Crippen molar-refractivity contribution in [3.8, 4) is 11.5 Å². The van der Waals surface area contributed by atoms with E-state index >= 15 is 16.8 Å². The molecular weight excluding hydrogens is 817 g/mol. The Labute approximate surface area is 364 Å². The summed E-state index contributed by atoms with van der Waals surface area (Å²) in [5.41, 5.74) is 3.32. The number of aliphatic imine (C=N–C) groups is 2. The van der Waals surface area contributed by atoms with Crippen molar-refractivity contribution in [3.63, 3.8) is 0 Å². The van der Waals surface area contributed by atoms with Crippen LogP contribution in [0, 0.1) is 11.8 Å². The van der Waals surface area contributed by atoms with Crippen LogP contribution in [0.3, 0.4) is 0 Å². The highest BCUT2D eigenvalue weighted by atomic mass is 32.2. The summed E-state index contributed by atoms with van der Waals surface area (Å²) in [5.74, 6) is 0.831. The molecule has 62 heavy (non-hydrogen) atoms. The number of methoxy groups -OCH3 is 2. The number of nitrogens with zero attached hydrogens (tertiary/aromatic N) is 4. The average Bonchev–Trinajstić information content (AvgIpc) is 3.95. The van der Waals surface area contributed by atoms with E-state index in [1.807, 2.05) is 121 Å². The first-order valence-electron chi connectivity index (χ1n) is 20.9. The van der Waals surface area contributed by atoms with E-state index in [0.29, 0.717) is 36.0 Å². The van der Waals surface area contributed by atoms with E-state index in [9.17, 15) is 0 Å². The maximum atomic E-state index is 15.5. The highest BCUT2D eigenvalue weighted by Gasteiger charge is 2.53. The van der Waals surface area contributed by atoms with Crippen LogP contribution >= 0.6 is 0 Å². The van der Waals surface area contributed by atoms with Crippen LogP contribution in [0.4, 0.5) is 0 Å². The molecule has 0 aromatic heterocycles. The summed E-state index contributed by atoms with van der Waals surface area (Å²) in [6, 6.07) is 49.1. The van der Waals surface area contributed by atoms with Gasteiger partial charge in [-0.25, -0.2) is 25.4 Å². The lowest BCUT2D eigenvalue weighted by atomic mass is 9.77. The van der Waals surface area contributed by atoms with Crippen LogP contribution in [0.5, 0.6) is 11.5 Å². The number of rotatable bonds is 12. The number of hydrogen-bond acceptors (Lipinski definition) is 8. The zero-order valence-electron chi connectivity index (χ0n) is 34.5. The van der Waals surface area contributed by atoms with Crippen molar-refractivity contribution >= 4 is 31.7 Å². The lowest BCUT2D eigenvalue weighted by Crippen LogP contribution is -2.48. The van der Waals surface area contributed by atoms with E-state index < -0.39 is 56.0 Å². The van der Waals surface area contributed by atoms with Crippen molar-refractivity contribution in [2.75, 3.05) is 14.2 Å². The third-order valence-electron chi connectivity index (χ3n) is 12.3. The van der Waals surface area contributed by atoms with Gasteiger partial charge in [-0.05, 0) is 83.6 Å². The molecule has 12 heteroatoms. The van der Waals surface area contributed by atoms with Crippen molar-refractivity contribution in [2.45, 2.75) is 59.6 Å². The van der Waals surface area contributed by atoms with Crippen LogP contribution in [0.25, 0.3) is 0 Å². The summed E-state index contributed by atoms with van der Waals surface area (Å²) in [6.45, 7) is 0. The Bertz CT molecular complexity index is 2580. The summed E-state index contributed by atoms with van der Waals surface area (Å²) < 4.78 is 75.8. The molecule has 0 N–H and O–H groups in total. The molecule has 1 saturated carbocycles. The van der Waals surface area contributed by atoms with Gasteiger partial charge in [-0.15, -0.1) is 0 Å². The third-order valence-corrected chi connectivity index (χ3v) is 15.9. The molecule has 1 fully saturated rings. The van der Waals surface area contributed by atoms with E-state index in [2.05, 4.69) is 0 Å². The predicted molar refractivity (Wildman–Crippen MR) is 241 cm³/mol. The summed E-state index contributed by atoms with van der Waals surface area (Å²) in [6.07, 6.45) is 2.74. The van der Waals surface area contributed by atoms with Gasteiger partial charge < -0.3 is 9.47 Å². The quantitative estimate of drug-likeness (QED) is 0.121. The van der Waals surface area contributed by atoms with Crippen molar-refractivity contribution in [3.05, 3.63) is 192 Å². The highest BCUT2D eigenvalue weighted by molar-refractivity contribution is 7.90. The number of amidine groups is 2. The van der Waals surface area contributed by atoms with Crippen molar-refractivity contribution in [1.82, 2.24) is 8.61 Å². The minimum Gasteiger partial charge on any atom is -0.497 e. The Balaban J connectivity index is 1.25. The third kappa shape index (κ3) is 7.55. The van der Waals surface area contributed by atoms with E-state index in [1.54, 1.807) is 62.8 Å². The van der Waals surface area contributed by atoms with Crippen LogP contribution in [0.1, 0.15) is 72.1 Å². The fourth-order valence-corrected chi connectivity index (χ4v) is 12.7. The molecule has 0 bridgehead atoms. The fourth-order valence-electron chi connectivity index (χ4n) is 9.37. The summed E-state index contributed by atoms with van der Waals surface area (Å²) in [4.78, 5) is 11.2. The first kappa shape index (κ1) is 41.1. The second-order valence-corrected chi connectivity index (χ2v) is 19.5. The number of ether oxygens (including phenoxy) is 2. The average molecular weight is 865 g/mol. The molecule has 6 aromatic rings. The molecular formula is C50H48N4O6S2. The van der Waals surface area contributed by atoms with Gasteiger partial charge in [-0.2, -0.15) is 0 Å². The Morgan fingerprint density at radius 1 is 0.435 bits per heavy atom. The molecule has 6 atom stereocenters. The number of hydrogen-bond donors (Lipinski definition) is 0. The molecule has 0 saturated heterocycles. The Morgan fingerprint density at radius 2 is 0.742 bits per heavy atom. The highest BCUT2D eigenvalue weighted by Crippen LogP contribution is 2.52. The first-order chi connectivity index (χ1) is 30.2. The van der Waals surface area contributed by atoms with Crippen LogP contribution in [-0.2, 0) is 20.0 Å². The second kappa shape index (κ2) is 17.3. The molecule has 3 aliphatic rings. The van der Waals surface area contributed by atoms with Crippen molar-refractivity contribution < 1.29 is 26.3 Å². The van der Waals surface area contributed by atoms with E-state index in [-0.39, 0.29) is 9.79 Å². The minimum absolute atomic E-state index is 0.100. The molecule has 9 rings (SSSR count). The molecule has 10 nitrogen and oxygen atoms in total. The normalized spacial score (nSPS) is 22.8. The molecule has 2 aliphatic heterocycles. The largest absolute Gasteiger partial charge is 0.497 e. The van der Waals surface area contributed by atoms with Gasteiger partial charge >= 0.3 is 0 Å².